The van der Waals surface area contributed by atoms with Crippen LogP contribution in [0.25, 0.3) is 38.6 Å². The maximum absolute atomic E-state index is 7.21. The van der Waals surface area contributed by atoms with Crippen molar-refractivity contribution in [3.63, 3.8) is 0 Å². The van der Waals surface area contributed by atoms with Gasteiger partial charge >= 0.3 is 0 Å². The largest absolute Gasteiger partial charge is 0.458 e. The van der Waals surface area contributed by atoms with Crippen LogP contribution in [0.15, 0.2) is 218 Å². The van der Waals surface area contributed by atoms with Gasteiger partial charge in [-0.3, -0.25) is 0 Å². The van der Waals surface area contributed by atoms with Gasteiger partial charge in [0.25, 0.3) is 6.71 Å². The van der Waals surface area contributed by atoms with Gasteiger partial charge in [-0.2, -0.15) is 0 Å². The van der Waals surface area contributed by atoms with Crippen LogP contribution in [0, 0.1) is 0 Å². The van der Waals surface area contributed by atoms with Gasteiger partial charge < -0.3 is 14.0 Å². The van der Waals surface area contributed by atoms with Crippen molar-refractivity contribution in [3.05, 3.63) is 218 Å². The molecule has 0 N–H and O–H groups in total. The Morgan fingerprint density at radius 3 is 1.53 bits per heavy atom. The number of para-hydroxylation sites is 3. The molecule has 0 amide bonds. The van der Waals surface area contributed by atoms with E-state index in [2.05, 4.69) is 223 Å². The summed E-state index contributed by atoms with van der Waals surface area (Å²) < 4.78 is 16.5. The van der Waals surface area contributed by atoms with Crippen LogP contribution in [0.1, 0.15) is 0 Å². The molecule has 12 rings (SSSR count). The molecule has 0 radical (unpaired) electrons. The molecule has 59 heavy (non-hydrogen) atoms. The molecule has 0 saturated carbocycles. The Bertz CT molecular complexity index is 3110. The fourth-order valence-corrected chi connectivity index (χ4v) is 14.8. The molecular weight excluding hydrogens is 733 g/mol. The maximum atomic E-state index is 7.21. The molecule has 276 valence electrons. The molecule has 0 aliphatic carbocycles. The average molecular weight is 770 g/mol. The minimum Gasteiger partial charge on any atom is -0.458 e. The SMILES string of the molecule is c1ccc(-c2cc3c4c(c2-n2c5ccccc5c5cc([Si](c6ccccc6)(c6ccccc6)c6ccccc6)ccc52)Oc2ccccc2B4c2ccccc2O3)cc1. The van der Waals surface area contributed by atoms with E-state index in [0.717, 1.165) is 67.2 Å². The number of hydrogen-bond donors (Lipinski definition) is 0. The fourth-order valence-electron chi connectivity index (χ4n) is 10.0. The number of ether oxygens (including phenoxy) is 2. The monoisotopic (exact) mass is 769 g/mol. The molecule has 10 aromatic rings. The first-order valence-electron chi connectivity index (χ1n) is 20.3. The zero-order chi connectivity index (χ0) is 38.9. The van der Waals surface area contributed by atoms with Crippen molar-refractivity contribution in [2.75, 3.05) is 0 Å². The molecule has 5 heteroatoms. The second kappa shape index (κ2) is 13.4. The Morgan fingerprint density at radius 1 is 0.390 bits per heavy atom. The highest BCUT2D eigenvalue weighted by atomic mass is 28.3. The van der Waals surface area contributed by atoms with Crippen LogP contribution in [-0.4, -0.2) is 19.4 Å². The number of fused-ring (bicyclic) bond motifs is 7. The Hall–Kier alpha value is -7.34. The van der Waals surface area contributed by atoms with Crippen molar-refractivity contribution in [1.29, 1.82) is 0 Å². The summed E-state index contributed by atoms with van der Waals surface area (Å²) in [5, 5.41) is 7.79. The predicted molar refractivity (Wildman–Crippen MR) is 248 cm³/mol. The Labute approximate surface area is 344 Å². The first-order valence-corrected chi connectivity index (χ1v) is 22.3. The summed E-state index contributed by atoms with van der Waals surface area (Å²) in [6.07, 6.45) is 0. The molecular formula is C54H36BNO2Si. The lowest BCUT2D eigenvalue weighted by molar-refractivity contribution is 0.463. The third-order valence-corrected chi connectivity index (χ3v) is 17.2. The summed E-state index contributed by atoms with van der Waals surface area (Å²) in [5.41, 5.74) is 8.74. The van der Waals surface area contributed by atoms with E-state index >= 15 is 0 Å². The lowest BCUT2D eigenvalue weighted by Gasteiger charge is -2.35. The van der Waals surface area contributed by atoms with E-state index in [1.807, 2.05) is 0 Å². The van der Waals surface area contributed by atoms with Crippen molar-refractivity contribution < 1.29 is 9.47 Å². The van der Waals surface area contributed by atoms with Crippen LogP contribution in [0.3, 0.4) is 0 Å². The third kappa shape index (κ3) is 5.02. The molecule has 0 unspecified atom stereocenters. The van der Waals surface area contributed by atoms with Gasteiger partial charge in [-0.25, -0.2) is 0 Å². The van der Waals surface area contributed by atoms with Gasteiger partial charge in [0.2, 0.25) is 0 Å². The number of nitrogens with zero attached hydrogens (tertiary/aromatic N) is 1. The van der Waals surface area contributed by atoms with Crippen molar-refractivity contribution in [1.82, 2.24) is 4.57 Å². The Kier molecular flexibility index (Phi) is 7.65. The molecule has 0 spiro atoms. The molecule has 0 saturated heterocycles. The van der Waals surface area contributed by atoms with E-state index in [4.69, 9.17) is 9.47 Å². The van der Waals surface area contributed by atoms with E-state index in [1.165, 1.54) is 31.5 Å². The van der Waals surface area contributed by atoms with Gasteiger partial charge in [-0.15, -0.1) is 0 Å². The number of benzene rings is 9. The zero-order valence-corrected chi connectivity index (χ0v) is 33.1. The molecule has 1 aromatic heterocycles. The summed E-state index contributed by atoms with van der Waals surface area (Å²) in [6, 6.07) is 79.4. The molecule has 3 nitrogen and oxygen atoms in total. The Balaban J connectivity index is 1.19. The zero-order valence-electron chi connectivity index (χ0n) is 32.1. The smallest absolute Gasteiger partial charge is 0.260 e. The lowest BCUT2D eigenvalue weighted by atomic mass is 9.34. The molecule has 0 bridgehead atoms. The molecule has 0 atom stereocenters. The van der Waals surface area contributed by atoms with Crippen LogP contribution in [-0.2, 0) is 0 Å². The summed E-state index contributed by atoms with van der Waals surface area (Å²) >= 11 is 0. The van der Waals surface area contributed by atoms with Gasteiger partial charge in [0, 0.05) is 21.8 Å². The van der Waals surface area contributed by atoms with E-state index in [0.29, 0.717) is 0 Å². The van der Waals surface area contributed by atoms with E-state index in [-0.39, 0.29) is 6.71 Å². The quantitative estimate of drug-likeness (QED) is 0.125. The fraction of sp³-hybridized carbons (Fsp3) is 0. The van der Waals surface area contributed by atoms with Crippen LogP contribution in [0.4, 0.5) is 0 Å². The first kappa shape index (κ1) is 33.8. The topological polar surface area (TPSA) is 23.4 Å². The third-order valence-electron chi connectivity index (χ3n) is 12.5. The van der Waals surface area contributed by atoms with Crippen molar-refractivity contribution >= 4 is 73.7 Å². The first-order chi connectivity index (χ1) is 29.3. The highest BCUT2D eigenvalue weighted by Gasteiger charge is 2.44. The van der Waals surface area contributed by atoms with Gasteiger partial charge in [0.05, 0.1) is 16.7 Å². The lowest BCUT2D eigenvalue weighted by Crippen LogP contribution is -2.74. The summed E-state index contributed by atoms with van der Waals surface area (Å²) in [5.74, 6) is 3.40. The minimum absolute atomic E-state index is 0.0487. The molecule has 2 aliphatic heterocycles. The van der Waals surface area contributed by atoms with E-state index in [1.54, 1.807) is 0 Å². The highest BCUT2D eigenvalue weighted by Crippen LogP contribution is 2.46. The van der Waals surface area contributed by atoms with Crippen molar-refractivity contribution in [2.24, 2.45) is 0 Å². The molecule has 9 aromatic carbocycles. The summed E-state index contributed by atoms with van der Waals surface area (Å²) in [7, 11) is -2.80. The average Bonchev–Trinajstić information content (AvgIpc) is 3.63. The molecule has 0 fully saturated rings. The number of rotatable bonds is 6. The number of hydrogen-bond acceptors (Lipinski definition) is 2. The van der Waals surface area contributed by atoms with Crippen molar-refractivity contribution in [3.8, 4) is 39.8 Å². The van der Waals surface area contributed by atoms with Crippen LogP contribution >= 0.6 is 0 Å². The minimum atomic E-state index is -2.80. The van der Waals surface area contributed by atoms with Gasteiger partial charge in [-0.05, 0) is 67.6 Å². The summed E-state index contributed by atoms with van der Waals surface area (Å²) in [6.45, 7) is -0.0487. The number of aromatic nitrogens is 1. The summed E-state index contributed by atoms with van der Waals surface area (Å²) in [4.78, 5) is 0. The Morgan fingerprint density at radius 2 is 0.898 bits per heavy atom. The standard InChI is InChI=1S/C54H36BNO2Si/c1-5-19-37(20-6-1)43-36-51-52-54(58-50-32-18-15-29-46(50)55(52)45-28-14-17-31-49(45)57-51)53(43)56-47-30-16-13-27-42(47)44-35-41(33-34-48(44)56)59(38-21-7-2-8-22-38,39-23-9-3-10-24-39)40-25-11-4-12-26-40/h1-36H. The normalized spacial score (nSPS) is 12.6. The van der Waals surface area contributed by atoms with Crippen LogP contribution in [0.5, 0.6) is 23.0 Å². The second-order valence-corrected chi connectivity index (χ2v) is 19.3. The predicted octanol–water partition coefficient (Wildman–Crippen LogP) is 8.56. The van der Waals surface area contributed by atoms with Crippen LogP contribution < -0.4 is 46.6 Å². The van der Waals surface area contributed by atoms with E-state index in [9.17, 15) is 0 Å². The van der Waals surface area contributed by atoms with Gasteiger partial charge in [0.15, 0.2) is 13.8 Å². The molecule has 2 aliphatic rings. The van der Waals surface area contributed by atoms with Gasteiger partial charge in [-0.1, -0.05) is 188 Å². The van der Waals surface area contributed by atoms with Crippen LogP contribution in [0.2, 0.25) is 0 Å². The second-order valence-electron chi connectivity index (χ2n) is 15.5. The van der Waals surface area contributed by atoms with Crippen molar-refractivity contribution in [2.45, 2.75) is 0 Å². The van der Waals surface area contributed by atoms with E-state index < -0.39 is 8.07 Å². The highest BCUT2D eigenvalue weighted by molar-refractivity contribution is 7.20. The van der Waals surface area contributed by atoms with Gasteiger partial charge in [0.1, 0.15) is 17.2 Å². The maximum Gasteiger partial charge on any atom is 0.260 e. The molecule has 3 heterocycles.